The van der Waals surface area contributed by atoms with Gasteiger partial charge in [0.15, 0.2) is 0 Å². The van der Waals surface area contributed by atoms with Gasteiger partial charge < -0.3 is 19.1 Å². The topological polar surface area (TPSA) is 33.5 Å². The van der Waals surface area contributed by atoms with Crippen LogP contribution in [0.5, 0.6) is 11.5 Å². The van der Waals surface area contributed by atoms with E-state index in [2.05, 4.69) is 208 Å². The van der Waals surface area contributed by atoms with E-state index in [4.69, 9.17) is 9.72 Å². The average molecular weight is 937 g/mol. The number of rotatable bonds is 7. The summed E-state index contributed by atoms with van der Waals surface area (Å²) in [6.45, 7) is 15.6. The SMILES string of the molecule is CC(C)(C)C1=CN(c2ccc(-c3ccccc3)cc2-c2ccccc2)[CH-]N1c1[c-]c(Oc2[c-]c3c(cc2)c2ccccc2n3-c2cc(C(C)(C)C)ccn2)ccc1.[Pt]. The number of pyridine rings is 1. The molecule has 0 spiro atoms. The van der Waals surface area contributed by atoms with Gasteiger partial charge in [-0.15, -0.1) is 48.1 Å². The van der Waals surface area contributed by atoms with Crippen LogP contribution in [0.1, 0.15) is 47.1 Å². The molecule has 0 unspecified atom stereocenters. The van der Waals surface area contributed by atoms with E-state index in [0.29, 0.717) is 11.5 Å². The first kappa shape index (κ1) is 38.9. The molecule has 9 rings (SSSR count). The van der Waals surface area contributed by atoms with Crippen molar-refractivity contribution in [3.8, 4) is 39.6 Å². The molecular formula is C52H45N4OPt-3. The Morgan fingerprint density at radius 1 is 0.603 bits per heavy atom. The number of fused-ring (bicyclic) bond motifs is 3. The molecule has 0 fully saturated rings. The van der Waals surface area contributed by atoms with Crippen molar-refractivity contribution in [3.05, 3.63) is 188 Å². The molecule has 292 valence electrons. The second kappa shape index (κ2) is 15.5. The standard InChI is InChI=1S/C52H45N4O.Pt/c1-51(2,3)39-28-29-53-50(31-39)56-47-23-14-13-22-43(47)44-26-25-42(33-48(44)56)57-41-21-15-20-40(32-41)55-35-54(34-49(55)52(4,5)6)46-27-24-38(36-16-9-7-10-17-36)30-45(46)37-18-11-8-12-19-37;/h7-31,34-35H,1-6H3;/q-3;. The van der Waals surface area contributed by atoms with Crippen LogP contribution in [0.2, 0.25) is 0 Å². The zero-order valence-corrected chi connectivity index (χ0v) is 35.9. The van der Waals surface area contributed by atoms with E-state index in [-0.39, 0.29) is 31.9 Å². The fraction of sp³-hybridized carbons (Fsp3) is 0.154. The first-order chi connectivity index (χ1) is 27.5. The number of benzene rings is 6. The van der Waals surface area contributed by atoms with Crippen LogP contribution in [-0.2, 0) is 26.5 Å². The fourth-order valence-electron chi connectivity index (χ4n) is 7.65. The first-order valence-electron chi connectivity index (χ1n) is 19.5. The zero-order valence-electron chi connectivity index (χ0n) is 33.6. The molecule has 0 bridgehead atoms. The molecule has 6 aromatic carbocycles. The Labute approximate surface area is 356 Å². The van der Waals surface area contributed by atoms with E-state index in [1.54, 1.807) is 0 Å². The number of allylic oxidation sites excluding steroid dienone is 1. The van der Waals surface area contributed by atoms with Crippen LogP contribution in [0.15, 0.2) is 164 Å². The molecule has 6 heteroatoms. The Morgan fingerprint density at radius 3 is 2.05 bits per heavy atom. The van der Waals surface area contributed by atoms with Gasteiger partial charge in [-0.05, 0) is 69.6 Å². The Balaban J connectivity index is 0.00000469. The van der Waals surface area contributed by atoms with Gasteiger partial charge in [-0.1, -0.05) is 132 Å². The quantitative estimate of drug-likeness (QED) is 0.149. The Hall–Kier alpha value is -5.90. The summed E-state index contributed by atoms with van der Waals surface area (Å²) < 4.78 is 8.79. The summed E-state index contributed by atoms with van der Waals surface area (Å²) in [7, 11) is 0. The predicted molar refractivity (Wildman–Crippen MR) is 236 cm³/mol. The minimum Gasteiger partial charge on any atom is -0.509 e. The number of anilines is 2. The van der Waals surface area contributed by atoms with E-state index in [1.807, 2.05) is 24.4 Å². The summed E-state index contributed by atoms with van der Waals surface area (Å²) in [6.07, 6.45) is 4.14. The van der Waals surface area contributed by atoms with Crippen LogP contribution in [0.3, 0.4) is 0 Å². The summed E-state index contributed by atoms with van der Waals surface area (Å²) in [6, 6.07) is 58.0. The van der Waals surface area contributed by atoms with Crippen LogP contribution in [-0.4, -0.2) is 9.55 Å². The van der Waals surface area contributed by atoms with Crippen LogP contribution in [0.25, 0.3) is 49.9 Å². The molecule has 5 nitrogen and oxygen atoms in total. The number of ether oxygens (including phenoxy) is 1. The van der Waals surface area contributed by atoms with Gasteiger partial charge in [-0.25, -0.2) is 4.98 Å². The molecule has 3 heterocycles. The number of nitrogens with zero attached hydrogens (tertiary/aromatic N) is 4. The maximum atomic E-state index is 6.60. The van der Waals surface area contributed by atoms with E-state index in [9.17, 15) is 0 Å². The van der Waals surface area contributed by atoms with Crippen LogP contribution >= 0.6 is 0 Å². The fourth-order valence-corrected chi connectivity index (χ4v) is 7.65. The smallest absolute Gasteiger partial charge is 0.135 e. The molecule has 8 aromatic rings. The first-order valence-corrected chi connectivity index (χ1v) is 19.5. The van der Waals surface area contributed by atoms with Gasteiger partial charge in [0.1, 0.15) is 5.82 Å². The number of aromatic nitrogens is 2. The third-order valence-electron chi connectivity index (χ3n) is 10.6. The number of hydrogen-bond donors (Lipinski definition) is 0. The normalized spacial score (nSPS) is 13.2. The van der Waals surface area contributed by atoms with Crippen molar-refractivity contribution in [1.82, 2.24) is 9.55 Å². The Kier molecular flexibility index (Phi) is 10.4. The Morgan fingerprint density at radius 2 is 1.31 bits per heavy atom. The summed E-state index contributed by atoms with van der Waals surface area (Å²) in [5.41, 5.74) is 10.8. The minimum absolute atomic E-state index is 0. The van der Waals surface area contributed by atoms with Gasteiger partial charge in [0.2, 0.25) is 0 Å². The third kappa shape index (κ3) is 7.48. The third-order valence-corrected chi connectivity index (χ3v) is 10.6. The minimum atomic E-state index is -0.169. The second-order valence-electron chi connectivity index (χ2n) is 16.7. The molecule has 0 aliphatic carbocycles. The van der Waals surface area contributed by atoms with Gasteiger partial charge in [-0.3, -0.25) is 0 Å². The molecule has 1 aliphatic rings. The van der Waals surface area contributed by atoms with Crippen LogP contribution in [0, 0.1) is 24.2 Å². The van der Waals surface area contributed by atoms with Crippen molar-refractivity contribution in [2.45, 2.75) is 47.0 Å². The maximum Gasteiger partial charge on any atom is 0.135 e. The summed E-state index contributed by atoms with van der Waals surface area (Å²) in [4.78, 5) is 9.30. The molecule has 0 radical (unpaired) electrons. The number of hydrogen-bond acceptors (Lipinski definition) is 4. The van der Waals surface area contributed by atoms with Crippen molar-refractivity contribution in [1.29, 1.82) is 0 Å². The maximum absolute atomic E-state index is 6.60. The van der Waals surface area contributed by atoms with Gasteiger partial charge in [0, 0.05) is 66.6 Å². The monoisotopic (exact) mass is 936 g/mol. The zero-order chi connectivity index (χ0) is 39.3. The van der Waals surface area contributed by atoms with Crippen molar-refractivity contribution >= 4 is 33.2 Å². The summed E-state index contributed by atoms with van der Waals surface area (Å²) in [5.74, 6) is 2.07. The van der Waals surface area contributed by atoms with Gasteiger partial charge in [0.25, 0.3) is 0 Å². The molecule has 0 atom stereocenters. The molecule has 0 saturated heterocycles. The van der Waals surface area contributed by atoms with E-state index in [0.717, 1.165) is 55.8 Å². The van der Waals surface area contributed by atoms with Gasteiger partial charge in [0.05, 0.1) is 0 Å². The average Bonchev–Trinajstić information content (AvgIpc) is 3.82. The van der Waals surface area contributed by atoms with Gasteiger partial charge in [-0.2, -0.15) is 12.1 Å². The summed E-state index contributed by atoms with van der Waals surface area (Å²) >= 11 is 0. The molecular weight excluding hydrogens is 892 g/mol. The van der Waals surface area contributed by atoms with Crippen molar-refractivity contribution in [3.63, 3.8) is 0 Å². The molecule has 1 aliphatic heterocycles. The van der Waals surface area contributed by atoms with E-state index < -0.39 is 0 Å². The van der Waals surface area contributed by atoms with Crippen molar-refractivity contribution in [2.24, 2.45) is 5.41 Å². The Bertz CT molecular complexity index is 2780. The molecule has 0 saturated carbocycles. The summed E-state index contributed by atoms with van der Waals surface area (Å²) in [5, 5.41) is 2.24. The molecule has 0 amide bonds. The second-order valence-corrected chi connectivity index (χ2v) is 16.7. The van der Waals surface area contributed by atoms with Crippen molar-refractivity contribution in [2.75, 3.05) is 9.80 Å². The van der Waals surface area contributed by atoms with Gasteiger partial charge >= 0.3 is 0 Å². The predicted octanol–water partition coefficient (Wildman–Crippen LogP) is 13.5. The molecule has 0 N–H and O–H groups in total. The van der Waals surface area contributed by atoms with E-state index >= 15 is 0 Å². The van der Waals surface area contributed by atoms with Crippen LogP contribution < -0.4 is 14.5 Å². The molecule has 58 heavy (non-hydrogen) atoms. The largest absolute Gasteiger partial charge is 0.509 e. The molecule has 2 aromatic heterocycles. The van der Waals surface area contributed by atoms with Crippen LogP contribution in [0.4, 0.5) is 11.4 Å². The number of para-hydroxylation sites is 1. The van der Waals surface area contributed by atoms with Crippen molar-refractivity contribution < 1.29 is 25.8 Å². The van der Waals surface area contributed by atoms with E-state index in [1.165, 1.54) is 16.7 Å².